The highest BCUT2D eigenvalue weighted by molar-refractivity contribution is 7.19. The summed E-state index contributed by atoms with van der Waals surface area (Å²) < 4.78 is 5.82. The van der Waals surface area contributed by atoms with Gasteiger partial charge in [0.1, 0.15) is 5.01 Å². The highest BCUT2D eigenvalue weighted by Gasteiger charge is 2.13. The van der Waals surface area contributed by atoms with Gasteiger partial charge in [-0.05, 0) is 37.3 Å². The lowest BCUT2D eigenvalue weighted by atomic mass is 10.1. The molecular formula is C19H16N2O3S. The zero-order valence-corrected chi connectivity index (χ0v) is 14.6. The van der Waals surface area contributed by atoms with E-state index in [0.29, 0.717) is 11.3 Å². The Hall–Kier alpha value is -2.99. The summed E-state index contributed by atoms with van der Waals surface area (Å²) in [6.07, 6.45) is 3.06. The Bertz CT molecular complexity index is 943. The topological polar surface area (TPSA) is 68.3 Å². The van der Waals surface area contributed by atoms with E-state index in [-0.39, 0.29) is 5.91 Å². The minimum atomic E-state index is -0.492. The number of para-hydroxylation sites is 1. The normalized spacial score (nSPS) is 11.0. The van der Waals surface area contributed by atoms with Crippen LogP contribution in [0.4, 0.5) is 5.69 Å². The van der Waals surface area contributed by atoms with Gasteiger partial charge in [-0.25, -0.2) is 9.78 Å². The number of aryl methyl sites for hydroxylation is 1. The number of hydrogen-bond acceptors (Lipinski definition) is 5. The number of amides is 1. The first-order valence-corrected chi connectivity index (χ1v) is 8.42. The smallest absolute Gasteiger partial charge is 0.339 e. The van der Waals surface area contributed by atoms with Crippen LogP contribution in [-0.4, -0.2) is 24.0 Å². The molecule has 1 aromatic heterocycles. The Labute approximate surface area is 149 Å². The van der Waals surface area contributed by atoms with Crippen molar-refractivity contribution < 1.29 is 14.3 Å². The van der Waals surface area contributed by atoms with E-state index in [1.165, 1.54) is 24.5 Å². The molecule has 3 aromatic rings. The molecule has 0 atom stereocenters. The summed E-state index contributed by atoms with van der Waals surface area (Å²) >= 11 is 1.51. The highest BCUT2D eigenvalue weighted by Crippen LogP contribution is 2.23. The van der Waals surface area contributed by atoms with Crippen LogP contribution >= 0.6 is 11.3 Å². The van der Waals surface area contributed by atoms with E-state index in [2.05, 4.69) is 10.3 Å². The van der Waals surface area contributed by atoms with Crippen LogP contribution in [0.5, 0.6) is 0 Å². The molecule has 0 spiro atoms. The first-order chi connectivity index (χ1) is 12.1. The molecule has 0 bridgehead atoms. The second-order valence-electron chi connectivity index (χ2n) is 5.38. The standard InChI is InChI=1S/C19H16N2O3S/c1-12-7-8-14(13(11-12)19(23)24-2)20-17(22)9-10-18-21-15-5-3-4-6-16(15)25-18/h3-11H,1-2H3,(H,20,22)/b10-9+. The van der Waals surface area contributed by atoms with Crippen LogP contribution in [0.15, 0.2) is 48.5 Å². The van der Waals surface area contributed by atoms with Gasteiger partial charge in [-0.3, -0.25) is 4.79 Å². The summed E-state index contributed by atoms with van der Waals surface area (Å²) in [6, 6.07) is 13.0. The molecule has 0 aliphatic heterocycles. The zero-order valence-electron chi connectivity index (χ0n) is 13.8. The fourth-order valence-corrected chi connectivity index (χ4v) is 3.20. The number of carbonyl (C=O) groups excluding carboxylic acids is 2. The summed E-state index contributed by atoms with van der Waals surface area (Å²) in [5.41, 5.74) is 2.54. The van der Waals surface area contributed by atoms with Crippen LogP contribution in [0.3, 0.4) is 0 Å². The average molecular weight is 352 g/mol. The van der Waals surface area contributed by atoms with Crippen molar-refractivity contribution in [3.05, 3.63) is 64.7 Å². The van der Waals surface area contributed by atoms with Gasteiger partial charge in [0.15, 0.2) is 0 Å². The first kappa shape index (κ1) is 16.9. The summed E-state index contributed by atoms with van der Waals surface area (Å²) in [4.78, 5) is 28.5. The van der Waals surface area contributed by atoms with Gasteiger partial charge in [0.05, 0.1) is 28.6 Å². The quantitative estimate of drug-likeness (QED) is 0.568. The molecule has 0 unspecified atom stereocenters. The molecule has 0 saturated carbocycles. The molecule has 1 amide bonds. The summed E-state index contributed by atoms with van der Waals surface area (Å²) in [5, 5.41) is 3.45. The Morgan fingerprint density at radius 1 is 1.20 bits per heavy atom. The van der Waals surface area contributed by atoms with Crippen molar-refractivity contribution in [2.24, 2.45) is 0 Å². The summed E-state index contributed by atoms with van der Waals surface area (Å²) in [5.74, 6) is -0.831. The van der Waals surface area contributed by atoms with Gasteiger partial charge in [0.25, 0.3) is 0 Å². The van der Waals surface area contributed by atoms with Crippen LogP contribution in [0.2, 0.25) is 0 Å². The van der Waals surface area contributed by atoms with E-state index in [1.54, 1.807) is 18.2 Å². The molecule has 0 radical (unpaired) electrons. The molecule has 126 valence electrons. The van der Waals surface area contributed by atoms with Crippen molar-refractivity contribution >= 4 is 45.2 Å². The molecule has 2 aromatic carbocycles. The highest BCUT2D eigenvalue weighted by atomic mass is 32.1. The monoisotopic (exact) mass is 352 g/mol. The number of ether oxygens (including phenoxy) is 1. The van der Waals surface area contributed by atoms with E-state index in [1.807, 2.05) is 37.3 Å². The van der Waals surface area contributed by atoms with E-state index in [0.717, 1.165) is 20.8 Å². The summed E-state index contributed by atoms with van der Waals surface area (Å²) in [6.45, 7) is 1.87. The molecule has 0 saturated heterocycles. The fourth-order valence-electron chi connectivity index (χ4n) is 2.33. The van der Waals surface area contributed by atoms with E-state index in [4.69, 9.17) is 4.74 Å². The van der Waals surface area contributed by atoms with Crippen LogP contribution in [0.1, 0.15) is 20.9 Å². The minimum absolute atomic E-state index is 0.323. The number of hydrogen-bond donors (Lipinski definition) is 1. The molecule has 3 rings (SSSR count). The average Bonchev–Trinajstić information content (AvgIpc) is 3.04. The third kappa shape index (κ3) is 3.92. The Morgan fingerprint density at radius 2 is 2.00 bits per heavy atom. The Morgan fingerprint density at radius 3 is 2.76 bits per heavy atom. The van der Waals surface area contributed by atoms with Crippen molar-refractivity contribution in [3.8, 4) is 0 Å². The van der Waals surface area contributed by atoms with E-state index >= 15 is 0 Å². The van der Waals surface area contributed by atoms with Gasteiger partial charge < -0.3 is 10.1 Å². The maximum Gasteiger partial charge on any atom is 0.339 e. The van der Waals surface area contributed by atoms with Crippen LogP contribution in [0.25, 0.3) is 16.3 Å². The zero-order chi connectivity index (χ0) is 17.8. The molecule has 1 heterocycles. The van der Waals surface area contributed by atoms with Gasteiger partial charge in [-0.1, -0.05) is 23.8 Å². The van der Waals surface area contributed by atoms with Gasteiger partial charge in [0, 0.05) is 6.08 Å². The molecular weight excluding hydrogens is 336 g/mol. The second kappa shape index (κ2) is 7.27. The van der Waals surface area contributed by atoms with Crippen molar-refractivity contribution in [1.29, 1.82) is 0 Å². The number of thiazole rings is 1. The molecule has 1 N–H and O–H groups in total. The number of anilines is 1. The number of rotatable bonds is 4. The number of carbonyl (C=O) groups is 2. The largest absolute Gasteiger partial charge is 0.465 e. The van der Waals surface area contributed by atoms with Gasteiger partial charge in [-0.15, -0.1) is 11.3 Å². The van der Waals surface area contributed by atoms with Crippen LogP contribution in [0, 0.1) is 6.92 Å². The molecule has 0 aliphatic carbocycles. The summed E-state index contributed by atoms with van der Waals surface area (Å²) in [7, 11) is 1.31. The maximum atomic E-state index is 12.2. The fraction of sp³-hybridized carbons (Fsp3) is 0.105. The predicted octanol–water partition coefficient (Wildman–Crippen LogP) is 4.04. The number of aromatic nitrogens is 1. The number of nitrogens with zero attached hydrogens (tertiary/aromatic N) is 1. The number of methoxy groups -OCH3 is 1. The lowest BCUT2D eigenvalue weighted by Crippen LogP contribution is -2.13. The SMILES string of the molecule is COC(=O)c1cc(C)ccc1NC(=O)/C=C/c1nc2ccccc2s1. The second-order valence-corrected chi connectivity index (χ2v) is 6.45. The third-order valence-corrected chi connectivity index (χ3v) is 4.53. The predicted molar refractivity (Wildman–Crippen MR) is 99.8 cm³/mol. The maximum absolute atomic E-state index is 12.2. The van der Waals surface area contributed by atoms with E-state index in [9.17, 15) is 9.59 Å². The minimum Gasteiger partial charge on any atom is -0.465 e. The van der Waals surface area contributed by atoms with Gasteiger partial charge in [-0.2, -0.15) is 0 Å². The number of nitrogens with one attached hydrogen (secondary N) is 1. The van der Waals surface area contributed by atoms with Crippen molar-refractivity contribution in [3.63, 3.8) is 0 Å². The third-order valence-electron chi connectivity index (χ3n) is 3.53. The molecule has 6 heteroatoms. The van der Waals surface area contributed by atoms with Gasteiger partial charge >= 0.3 is 5.97 Å². The molecule has 25 heavy (non-hydrogen) atoms. The number of fused-ring (bicyclic) bond motifs is 1. The lowest BCUT2D eigenvalue weighted by Gasteiger charge is -2.09. The lowest BCUT2D eigenvalue weighted by molar-refractivity contribution is -0.111. The number of esters is 1. The molecule has 0 aliphatic rings. The Kier molecular flexibility index (Phi) is 4.90. The van der Waals surface area contributed by atoms with Crippen molar-refractivity contribution in [2.75, 3.05) is 12.4 Å². The molecule has 5 nitrogen and oxygen atoms in total. The molecule has 0 fully saturated rings. The van der Waals surface area contributed by atoms with Crippen molar-refractivity contribution in [2.45, 2.75) is 6.92 Å². The number of benzene rings is 2. The first-order valence-electron chi connectivity index (χ1n) is 7.60. The van der Waals surface area contributed by atoms with Crippen LogP contribution < -0.4 is 5.32 Å². The Balaban J connectivity index is 1.77. The van der Waals surface area contributed by atoms with Crippen LogP contribution in [-0.2, 0) is 9.53 Å². The van der Waals surface area contributed by atoms with Crippen molar-refractivity contribution in [1.82, 2.24) is 4.98 Å². The van der Waals surface area contributed by atoms with Gasteiger partial charge in [0.2, 0.25) is 5.91 Å². The van der Waals surface area contributed by atoms with E-state index < -0.39 is 5.97 Å².